The predicted molar refractivity (Wildman–Crippen MR) is 68.1 cm³/mol. The van der Waals surface area contributed by atoms with Crippen molar-refractivity contribution in [2.24, 2.45) is 0 Å². The van der Waals surface area contributed by atoms with Gasteiger partial charge in [0, 0.05) is 43.4 Å². The lowest BCUT2D eigenvalue weighted by atomic mass is 9.83. The molecule has 0 unspecified atom stereocenters. The highest BCUT2D eigenvalue weighted by atomic mass is 16.6. The second-order valence-electron chi connectivity index (χ2n) is 4.52. The Balaban J connectivity index is 4.69. The molecule has 0 rings (SSSR count). The first-order chi connectivity index (χ1) is 9.13. The summed E-state index contributed by atoms with van der Waals surface area (Å²) in [5, 5.41) is 36.9. The number of unbranched alkanes of at least 4 members (excludes halogenated alkanes) is 3. The Morgan fingerprint density at radius 2 is 1.16 bits per heavy atom. The summed E-state index contributed by atoms with van der Waals surface area (Å²) in [7, 11) is 0. The lowest BCUT2D eigenvalue weighted by Crippen LogP contribution is -2.38. The van der Waals surface area contributed by atoms with Gasteiger partial charge in [-0.1, -0.05) is 0 Å². The third-order valence-electron chi connectivity index (χ3n) is 3.18. The van der Waals surface area contributed by atoms with E-state index in [-0.39, 0.29) is 4.92 Å². The Kier molecular flexibility index (Phi) is 8.75. The van der Waals surface area contributed by atoms with E-state index in [0.717, 1.165) is 0 Å². The summed E-state index contributed by atoms with van der Waals surface area (Å²) < 4.78 is 0. The molecule has 0 saturated carbocycles. The lowest BCUT2D eigenvalue weighted by molar-refractivity contribution is -0.574. The monoisotopic (exact) mass is 262 g/mol. The quantitative estimate of drug-likeness (QED) is 0.341. The SMILES string of the molecule is N#CCCCC(CCCC#N)(CCCC#N)[N+](=O)[O-]. The van der Waals surface area contributed by atoms with Crippen LogP contribution in [0.5, 0.6) is 0 Å². The highest BCUT2D eigenvalue weighted by Gasteiger charge is 2.40. The van der Waals surface area contributed by atoms with Crippen molar-refractivity contribution in [3.8, 4) is 18.2 Å². The van der Waals surface area contributed by atoms with Crippen molar-refractivity contribution in [3.63, 3.8) is 0 Å². The third kappa shape index (κ3) is 6.38. The van der Waals surface area contributed by atoms with E-state index in [1.54, 1.807) is 0 Å². The highest BCUT2D eigenvalue weighted by molar-refractivity contribution is 4.85. The Hall–Kier alpha value is -2.13. The molecule has 0 radical (unpaired) electrons. The second-order valence-corrected chi connectivity index (χ2v) is 4.52. The van der Waals surface area contributed by atoms with E-state index in [4.69, 9.17) is 15.8 Å². The first-order valence-electron chi connectivity index (χ1n) is 6.38. The number of rotatable bonds is 10. The Morgan fingerprint density at radius 1 is 0.842 bits per heavy atom. The summed E-state index contributed by atoms with van der Waals surface area (Å²) in [4.78, 5) is 11.1. The molecule has 0 aromatic heterocycles. The van der Waals surface area contributed by atoms with Gasteiger partial charge in [-0.2, -0.15) is 15.8 Å². The maximum absolute atomic E-state index is 11.4. The van der Waals surface area contributed by atoms with Crippen LogP contribution in [0.15, 0.2) is 0 Å². The molecule has 0 atom stereocenters. The smallest absolute Gasteiger partial charge is 0.222 e. The van der Waals surface area contributed by atoms with Crippen molar-refractivity contribution in [1.82, 2.24) is 0 Å². The van der Waals surface area contributed by atoms with Crippen LogP contribution >= 0.6 is 0 Å². The first kappa shape index (κ1) is 16.9. The molecule has 0 N–H and O–H groups in total. The van der Waals surface area contributed by atoms with Gasteiger partial charge in [-0.25, -0.2) is 0 Å². The Labute approximate surface area is 113 Å². The van der Waals surface area contributed by atoms with E-state index in [0.29, 0.717) is 57.8 Å². The van der Waals surface area contributed by atoms with E-state index in [1.807, 2.05) is 18.2 Å². The van der Waals surface area contributed by atoms with Gasteiger partial charge in [0.05, 0.1) is 18.2 Å². The van der Waals surface area contributed by atoms with Gasteiger partial charge >= 0.3 is 0 Å². The fourth-order valence-corrected chi connectivity index (χ4v) is 2.14. The van der Waals surface area contributed by atoms with Gasteiger partial charge in [0.25, 0.3) is 0 Å². The van der Waals surface area contributed by atoms with Gasteiger partial charge in [0.2, 0.25) is 5.54 Å². The molecule has 0 aliphatic carbocycles. The Morgan fingerprint density at radius 3 is 1.37 bits per heavy atom. The van der Waals surface area contributed by atoms with Crippen LogP contribution in [0, 0.1) is 44.1 Å². The minimum Gasteiger partial charge on any atom is -0.264 e. The minimum atomic E-state index is -1.08. The van der Waals surface area contributed by atoms with E-state index in [1.165, 1.54) is 0 Å². The van der Waals surface area contributed by atoms with Gasteiger partial charge in [-0.15, -0.1) is 0 Å². The zero-order chi connectivity index (χ0) is 14.6. The number of nitro groups is 1. The van der Waals surface area contributed by atoms with Crippen LogP contribution in [-0.2, 0) is 0 Å². The number of nitrogens with zero attached hydrogens (tertiary/aromatic N) is 4. The van der Waals surface area contributed by atoms with Crippen LogP contribution in [0.2, 0.25) is 0 Å². The number of hydrogen-bond donors (Lipinski definition) is 0. The Bertz CT molecular complexity index is 350. The summed E-state index contributed by atoms with van der Waals surface area (Å²) in [5.74, 6) is 0. The molecule has 0 saturated heterocycles. The fraction of sp³-hybridized carbons (Fsp3) is 0.769. The van der Waals surface area contributed by atoms with Crippen LogP contribution in [0.25, 0.3) is 0 Å². The molecule has 0 bridgehead atoms. The molecule has 102 valence electrons. The molecule has 0 spiro atoms. The molecule has 0 amide bonds. The molecule has 6 heteroatoms. The molecule has 19 heavy (non-hydrogen) atoms. The summed E-state index contributed by atoms with van der Waals surface area (Å²) in [6, 6.07) is 5.96. The molecule has 0 fully saturated rings. The molecular formula is C13H18N4O2. The maximum atomic E-state index is 11.4. The van der Waals surface area contributed by atoms with Crippen LogP contribution in [0.3, 0.4) is 0 Å². The lowest BCUT2D eigenvalue weighted by Gasteiger charge is -2.24. The summed E-state index contributed by atoms with van der Waals surface area (Å²) in [6.45, 7) is 0. The third-order valence-corrected chi connectivity index (χ3v) is 3.18. The van der Waals surface area contributed by atoms with Crippen molar-refractivity contribution < 1.29 is 4.92 Å². The topological polar surface area (TPSA) is 115 Å². The van der Waals surface area contributed by atoms with Crippen LogP contribution in [-0.4, -0.2) is 10.5 Å². The molecular weight excluding hydrogens is 244 g/mol. The van der Waals surface area contributed by atoms with E-state index in [2.05, 4.69) is 0 Å². The maximum Gasteiger partial charge on any atom is 0.222 e. The molecule has 0 aromatic carbocycles. The van der Waals surface area contributed by atoms with Gasteiger partial charge in [0.15, 0.2) is 0 Å². The van der Waals surface area contributed by atoms with E-state index < -0.39 is 5.54 Å². The fourth-order valence-electron chi connectivity index (χ4n) is 2.14. The number of nitriles is 3. The molecule has 0 heterocycles. The van der Waals surface area contributed by atoms with Crippen LogP contribution in [0.4, 0.5) is 0 Å². The highest BCUT2D eigenvalue weighted by Crippen LogP contribution is 2.30. The normalized spacial score (nSPS) is 10.2. The summed E-state index contributed by atoms with van der Waals surface area (Å²) in [6.07, 6.45) is 3.35. The van der Waals surface area contributed by atoms with Crippen molar-refractivity contribution in [2.45, 2.75) is 63.3 Å². The summed E-state index contributed by atoms with van der Waals surface area (Å²) >= 11 is 0. The van der Waals surface area contributed by atoms with E-state index >= 15 is 0 Å². The number of hydrogen-bond acceptors (Lipinski definition) is 5. The van der Waals surface area contributed by atoms with Gasteiger partial charge in [0.1, 0.15) is 0 Å². The van der Waals surface area contributed by atoms with Crippen molar-refractivity contribution in [1.29, 1.82) is 15.8 Å². The predicted octanol–water partition coefficient (Wildman–Crippen LogP) is 3.08. The second kappa shape index (κ2) is 9.85. The zero-order valence-corrected chi connectivity index (χ0v) is 11.0. The average molecular weight is 262 g/mol. The van der Waals surface area contributed by atoms with Crippen LogP contribution < -0.4 is 0 Å². The molecule has 6 nitrogen and oxygen atoms in total. The molecule has 0 aliphatic heterocycles. The average Bonchev–Trinajstić information content (AvgIpc) is 2.38. The minimum absolute atomic E-state index is 0.279. The van der Waals surface area contributed by atoms with Gasteiger partial charge < -0.3 is 0 Å². The largest absolute Gasteiger partial charge is 0.264 e. The molecule has 0 aromatic rings. The first-order valence-corrected chi connectivity index (χ1v) is 6.38. The standard InChI is InChI=1S/C13H18N4O2/c14-10-4-1-7-13(17(18)19,8-2-5-11-15)9-3-6-12-16/h1-9H2. The zero-order valence-electron chi connectivity index (χ0n) is 11.0. The van der Waals surface area contributed by atoms with Gasteiger partial charge in [-0.05, 0) is 19.3 Å². The molecule has 0 aliphatic rings. The van der Waals surface area contributed by atoms with Crippen molar-refractivity contribution in [3.05, 3.63) is 10.1 Å². The van der Waals surface area contributed by atoms with Gasteiger partial charge in [-0.3, -0.25) is 10.1 Å². The van der Waals surface area contributed by atoms with Crippen molar-refractivity contribution in [2.75, 3.05) is 0 Å². The summed E-state index contributed by atoms with van der Waals surface area (Å²) in [5.41, 5.74) is -1.08. The van der Waals surface area contributed by atoms with E-state index in [9.17, 15) is 10.1 Å². The van der Waals surface area contributed by atoms with Crippen LogP contribution in [0.1, 0.15) is 57.8 Å². The van der Waals surface area contributed by atoms with Crippen molar-refractivity contribution >= 4 is 0 Å².